The van der Waals surface area contributed by atoms with Crippen molar-refractivity contribution in [1.29, 1.82) is 0 Å². The number of H-pyrrole nitrogens is 1. The summed E-state index contributed by atoms with van der Waals surface area (Å²) in [6, 6.07) is 6.99. The number of benzene rings is 1. The van der Waals surface area contributed by atoms with Gasteiger partial charge in [0.1, 0.15) is 5.75 Å². The monoisotopic (exact) mass is 279 g/mol. The zero-order valence-corrected chi connectivity index (χ0v) is 11.4. The molecule has 0 aliphatic carbocycles. The minimum atomic E-state index is -0.263. The lowest BCUT2D eigenvalue weighted by atomic mass is 10.2. The molecule has 0 aliphatic rings. The Kier molecular flexibility index (Phi) is 4.06. The molecular formula is C13H14ClN3O2. The van der Waals surface area contributed by atoms with Gasteiger partial charge in [0.25, 0.3) is 5.91 Å². The summed E-state index contributed by atoms with van der Waals surface area (Å²) in [5, 5.41) is 9.92. The second kappa shape index (κ2) is 5.75. The van der Waals surface area contributed by atoms with Crippen LogP contribution in [0.5, 0.6) is 5.75 Å². The Morgan fingerprint density at radius 2 is 2.21 bits per heavy atom. The zero-order chi connectivity index (χ0) is 13.8. The van der Waals surface area contributed by atoms with Crippen LogP contribution in [0.15, 0.2) is 24.3 Å². The van der Waals surface area contributed by atoms with Crippen LogP contribution in [0, 0.1) is 13.8 Å². The Balaban J connectivity index is 1.89. The van der Waals surface area contributed by atoms with E-state index < -0.39 is 0 Å². The number of carbonyl (C=O) groups is 1. The summed E-state index contributed by atoms with van der Waals surface area (Å²) in [6.07, 6.45) is 0. The summed E-state index contributed by atoms with van der Waals surface area (Å²) in [5.41, 5.74) is 1.76. The van der Waals surface area contributed by atoms with Gasteiger partial charge < -0.3 is 10.1 Å². The van der Waals surface area contributed by atoms with Crippen LogP contribution in [0.1, 0.15) is 11.3 Å². The molecule has 0 fully saturated rings. The molecule has 0 aliphatic heterocycles. The van der Waals surface area contributed by atoms with Crippen molar-refractivity contribution in [1.82, 2.24) is 10.2 Å². The van der Waals surface area contributed by atoms with Crippen LogP contribution in [0.2, 0.25) is 5.02 Å². The number of ether oxygens (including phenoxy) is 1. The standard InChI is InChI=1S/C13H14ClN3O2/c1-8-5-10(14)3-4-11(8)19-7-13(18)15-12-6-9(2)16-17-12/h3-6H,7H2,1-2H3,(H2,15,16,17,18). The number of anilines is 1. The smallest absolute Gasteiger partial charge is 0.263 e. The third kappa shape index (κ3) is 3.72. The highest BCUT2D eigenvalue weighted by atomic mass is 35.5. The predicted octanol–water partition coefficient (Wildman–Crippen LogP) is 2.70. The van der Waals surface area contributed by atoms with Gasteiger partial charge in [-0.1, -0.05) is 11.6 Å². The van der Waals surface area contributed by atoms with E-state index in [1.165, 1.54) is 0 Å². The lowest BCUT2D eigenvalue weighted by Crippen LogP contribution is -2.20. The van der Waals surface area contributed by atoms with Crippen molar-refractivity contribution in [2.75, 3.05) is 11.9 Å². The number of nitrogens with one attached hydrogen (secondary N) is 2. The fourth-order valence-electron chi connectivity index (χ4n) is 1.58. The topological polar surface area (TPSA) is 67.0 Å². The van der Waals surface area contributed by atoms with Gasteiger partial charge in [-0.3, -0.25) is 9.89 Å². The lowest BCUT2D eigenvalue weighted by Gasteiger charge is -2.08. The Morgan fingerprint density at radius 1 is 1.42 bits per heavy atom. The molecular weight excluding hydrogens is 266 g/mol. The van der Waals surface area contributed by atoms with Gasteiger partial charge in [0, 0.05) is 16.8 Å². The molecule has 0 spiro atoms. The van der Waals surface area contributed by atoms with E-state index in [1.54, 1.807) is 24.3 Å². The van der Waals surface area contributed by atoms with Crippen LogP contribution in [-0.2, 0) is 4.79 Å². The van der Waals surface area contributed by atoms with Gasteiger partial charge in [-0.15, -0.1) is 0 Å². The molecule has 6 heteroatoms. The molecule has 1 amide bonds. The summed E-state index contributed by atoms with van der Waals surface area (Å²) in [4.78, 5) is 11.7. The van der Waals surface area contributed by atoms with Crippen LogP contribution in [0.3, 0.4) is 0 Å². The minimum absolute atomic E-state index is 0.0750. The number of rotatable bonds is 4. The average molecular weight is 280 g/mol. The summed E-state index contributed by atoms with van der Waals surface area (Å²) >= 11 is 5.84. The zero-order valence-electron chi connectivity index (χ0n) is 10.7. The van der Waals surface area contributed by atoms with Crippen molar-refractivity contribution in [2.45, 2.75) is 13.8 Å². The third-order valence-corrected chi connectivity index (χ3v) is 2.70. The van der Waals surface area contributed by atoms with Crippen LogP contribution in [0.4, 0.5) is 5.82 Å². The van der Waals surface area contributed by atoms with Crippen molar-refractivity contribution in [3.63, 3.8) is 0 Å². The fraction of sp³-hybridized carbons (Fsp3) is 0.231. The molecule has 1 heterocycles. The summed E-state index contributed by atoms with van der Waals surface area (Å²) in [7, 11) is 0. The van der Waals surface area contributed by atoms with Gasteiger partial charge in [-0.05, 0) is 37.6 Å². The first-order valence-electron chi connectivity index (χ1n) is 5.75. The van der Waals surface area contributed by atoms with Crippen molar-refractivity contribution < 1.29 is 9.53 Å². The first-order chi connectivity index (χ1) is 9.04. The number of carbonyl (C=O) groups excluding carboxylic acids is 1. The van der Waals surface area contributed by atoms with Crippen molar-refractivity contribution in [3.05, 3.63) is 40.5 Å². The van der Waals surface area contributed by atoms with E-state index in [4.69, 9.17) is 16.3 Å². The SMILES string of the molecule is Cc1cc(NC(=O)COc2ccc(Cl)cc2C)n[nH]1. The van der Waals surface area contributed by atoms with Gasteiger partial charge in [-0.2, -0.15) is 5.10 Å². The first kappa shape index (κ1) is 13.4. The molecule has 1 aromatic carbocycles. The molecule has 5 nitrogen and oxygen atoms in total. The first-order valence-corrected chi connectivity index (χ1v) is 6.13. The van der Waals surface area contributed by atoms with Crippen molar-refractivity contribution in [2.24, 2.45) is 0 Å². The molecule has 2 rings (SSSR count). The second-order valence-electron chi connectivity index (χ2n) is 4.18. The van der Waals surface area contributed by atoms with Gasteiger partial charge in [0.15, 0.2) is 12.4 Å². The number of aromatic amines is 1. The Morgan fingerprint density at radius 3 is 2.84 bits per heavy atom. The van der Waals surface area contributed by atoms with E-state index in [2.05, 4.69) is 15.5 Å². The molecule has 2 N–H and O–H groups in total. The summed E-state index contributed by atoms with van der Waals surface area (Å²) in [5.74, 6) is 0.859. The quantitative estimate of drug-likeness (QED) is 0.904. The molecule has 1 aromatic heterocycles. The molecule has 100 valence electrons. The highest BCUT2D eigenvalue weighted by molar-refractivity contribution is 6.30. The number of hydrogen-bond donors (Lipinski definition) is 2. The molecule has 2 aromatic rings. The molecule has 0 radical (unpaired) electrons. The average Bonchev–Trinajstić information content (AvgIpc) is 2.73. The van der Waals surface area contributed by atoms with E-state index in [0.717, 1.165) is 11.3 Å². The van der Waals surface area contributed by atoms with Crippen LogP contribution < -0.4 is 10.1 Å². The maximum atomic E-state index is 11.7. The number of aryl methyl sites for hydroxylation is 2. The molecule has 0 saturated heterocycles. The largest absolute Gasteiger partial charge is 0.483 e. The minimum Gasteiger partial charge on any atom is -0.483 e. The highest BCUT2D eigenvalue weighted by Crippen LogP contribution is 2.21. The van der Waals surface area contributed by atoms with Crippen molar-refractivity contribution >= 4 is 23.3 Å². The number of amides is 1. The second-order valence-corrected chi connectivity index (χ2v) is 4.62. The Labute approximate surface area is 115 Å². The fourth-order valence-corrected chi connectivity index (χ4v) is 1.81. The number of halogens is 1. The van der Waals surface area contributed by atoms with E-state index >= 15 is 0 Å². The Bertz CT molecular complexity index is 595. The summed E-state index contributed by atoms with van der Waals surface area (Å²) < 4.78 is 5.42. The maximum absolute atomic E-state index is 11.7. The predicted molar refractivity (Wildman–Crippen MR) is 73.6 cm³/mol. The molecule has 0 unspecified atom stereocenters. The maximum Gasteiger partial charge on any atom is 0.263 e. The molecule has 19 heavy (non-hydrogen) atoms. The van der Waals surface area contributed by atoms with Crippen LogP contribution in [0.25, 0.3) is 0 Å². The number of nitrogens with zero attached hydrogens (tertiary/aromatic N) is 1. The van der Waals surface area contributed by atoms with Gasteiger partial charge >= 0.3 is 0 Å². The molecule has 0 bridgehead atoms. The Hall–Kier alpha value is -2.01. The van der Waals surface area contributed by atoms with Crippen LogP contribution in [-0.4, -0.2) is 22.7 Å². The molecule has 0 saturated carbocycles. The number of aromatic nitrogens is 2. The van der Waals surface area contributed by atoms with Gasteiger partial charge in [-0.25, -0.2) is 0 Å². The van der Waals surface area contributed by atoms with Crippen LogP contribution >= 0.6 is 11.6 Å². The highest BCUT2D eigenvalue weighted by Gasteiger charge is 2.07. The lowest BCUT2D eigenvalue weighted by molar-refractivity contribution is -0.118. The summed E-state index contributed by atoms with van der Waals surface area (Å²) in [6.45, 7) is 3.65. The van der Waals surface area contributed by atoms with Crippen molar-refractivity contribution in [3.8, 4) is 5.75 Å². The van der Waals surface area contributed by atoms with E-state index in [9.17, 15) is 4.79 Å². The third-order valence-electron chi connectivity index (χ3n) is 2.47. The van der Waals surface area contributed by atoms with E-state index in [0.29, 0.717) is 16.6 Å². The molecule has 0 atom stereocenters. The van der Waals surface area contributed by atoms with E-state index in [-0.39, 0.29) is 12.5 Å². The van der Waals surface area contributed by atoms with Gasteiger partial charge in [0.05, 0.1) is 0 Å². The normalized spacial score (nSPS) is 10.3. The van der Waals surface area contributed by atoms with Gasteiger partial charge in [0.2, 0.25) is 0 Å². The number of hydrogen-bond acceptors (Lipinski definition) is 3. The van der Waals surface area contributed by atoms with E-state index in [1.807, 2.05) is 13.8 Å².